The topological polar surface area (TPSA) is 95.2 Å². The van der Waals surface area contributed by atoms with Gasteiger partial charge in [0.1, 0.15) is 5.82 Å². The van der Waals surface area contributed by atoms with Crippen LogP contribution in [-0.2, 0) is 13.0 Å². The Labute approximate surface area is 165 Å². The summed E-state index contributed by atoms with van der Waals surface area (Å²) in [5.41, 5.74) is 2.29. The first-order valence-corrected chi connectivity index (χ1v) is 9.03. The lowest BCUT2D eigenvalue weighted by Gasteiger charge is -2.13. The number of carbonyl (C=O) groups is 3. The van der Waals surface area contributed by atoms with Crippen molar-refractivity contribution in [2.75, 3.05) is 6.54 Å². The summed E-state index contributed by atoms with van der Waals surface area (Å²) in [6.07, 6.45) is 3.85. The number of fused-ring (bicyclic) bond motifs is 1. The quantitative estimate of drug-likeness (QED) is 0.630. The van der Waals surface area contributed by atoms with Gasteiger partial charge in [0.05, 0.1) is 24.0 Å². The number of hydrogen-bond acceptors (Lipinski definition) is 4. The highest BCUT2D eigenvalue weighted by molar-refractivity contribution is 6.22. The third-order valence-corrected chi connectivity index (χ3v) is 4.72. The molecule has 1 aliphatic rings. The first-order valence-electron chi connectivity index (χ1n) is 9.03. The van der Waals surface area contributed by atoms with Crippen LogP contribution in [0.25, 0.3) is 0 Å². The summed E-state index contributed by atoms with van der Waals surface area (Å²) in [5.74, 6) is -1.62. The number of imide groups is 1. The van der Waals surface area contributed by atoms with Gasteiger partial charge in [0.2, 0.25) is 0 Å². The third-order valence-electron chi connectivity index (χ3n) is 4.72. The molecule has 8 heteroatoms. The van der Waals surface area contributed by atoms with Crippen molar-refractivity contribution in [2.24, 2.45) is 0 Å². The van der Waals surface area contributed by atoms with Gasteiger partial charge >= 0.3 is 0 Å². The highest BCUT2D eigenvalue weighted by Gasteiger charge is 2.36. The van der Waals surface area contributed by atoms with Gasteiger partial charge in [-0.25, -0.2) is 9.37 Å². The lowest BCUT2D eigenvalue weighted by Crippen LogP contribution is -2.29. The molecule has 7 nitrogen and oxygen atoms in total. The van der Waals surface area contributed by atoms with Crippen LogP contribution in [0, 0.1) is 5.82 Å². The van der Waals surface area contributed by atoms with Gasteiger partial charge in [0, 0.05) is 30.4 Å². The molecule has 3 amide bonds. The molecule has 146 valence electrons. The van der Waals surface area contributed by atoms with Crippen molar-refractivity contribution in [3.05, 3.63) is 88.8 Å². The van der Waals surface area contributed by atoms with Gasteiger partial charge in [-0.05, 0) is 35.9 Å². The number of halogens is 1. The van der Waals surface area contributed by atoms with Gasteiger partial charge in [-0.1, -0.05) is 12.1 Å². The van der Waals surface area contributed by atoms with E-state index in [0.29, 0.717) is 24.1 Å². The molecule has 0 fully saturated rings. The van der Waals surface area contributed by atoms with Crippen molar-refractivity contribution in [1.82, 2.24) is 20.2 Å². The molecule has 2 heterocycles. The van der Waals surface area contributed by atoms with E-state index in [4.69, 9.17) is 0 Å². The molecule has 1 aromatic heterocycles. The molecule has 0 bridgehead atoms. The molecule has 2 N–H and O–H groups in total. The van der Waals surface area contributed by atoms with Gasteiger partial charge in [0.15, 0.2) is 0 Å². The number of carbonyl (C=O) groups excluding carboxylic acids is 3. The van der Waals surface area contributed by atoms with E-state index in [1.807, 2.05) is 0 Å². The van der Waals surface area contributed by atoms with Crippen LogP contribution >= 0.6 is 0 Å². The van der Waals surface area contributed by atoms with Crippen molar-refractivity contribution in [2.45, 2.75) is 13.0 Å². The van der Waals surface area contributed by atoms with Crippen molar-refractivity contribution >= 4 is 17.7 Å². The molecule has 0 saturated heterocycles. The summed E-state index contributed by atoms with van der Waals surface area (Å²) >= 11 is 0. The van der Waals surface area contributed by atoms with E-state index in [9.17, 15) is 18.8 Å². The van der Waals surface area contributed by atoms with Crippen LogP contribution < -0.4 is 5.32 Å². The molecular weight excluding hydrogens is 375 g/mol. The number of nitrogens with zero attached hydrogens (tertiary/aromatic N) is 2. The van der Waals surface area contributed by atoms with E-state index in [-0.39, 0.29) is 29.4 Å². The van der Waals surface area contributed by atoms with Crippen LogP contribution in [0.1, 0.15) is 42.3 Å². The van der Waals surface area contributed by atoms with E-state index in [1.54, 1.807) is 12.5 Å². The van der Waals surface area contributed by atoms with Gasteiger partial charge < -0.3 is 10.3 Å². The van der Waals surface area contributed by atoms with Gasteiger partial charge in [-0.2, -0.15) is 0 Å². The fourth-order valence-corrected chi connectivity index (χ4v) is 3.18. The zero-order valence-electron chi connectivity index (χ0n) is 15.3. The number of imidazole rings is 1. The fourth-order valence-electron chi connectivity index (χ4n) is 3.18. The first-order chi connectivity index (χ1) is 14.0. The molecule has 0 saturated carbocycles. The maximum Gasteiger partial charge on any atom is 0.261 e. The predicted molar refractivity (Wildman–Crippen MR) is 102 cm³/mol. The third kappa shape index (κ3) is 3.77. The maximum atomic E-state index is 13.1. The van der Waals surface area contributed by atoms with Crippen LogP contribution in [0.3, 0.4) is 0 Å². The Bertz CT molecular complexity index is 1080. The minimum atomic E-state index is -0.471. The van der Waals surface area contributed by atoms with Crippen LogP contribution in [0.4, 0.5) is 4.39 Å². The Morgan fingerprint density at radius 2 is 1.83 bits per heavy atom. The molecule has 1 aliphatic heterocycles. The first kappa shape index (κ1) is 18.5. The molecule has 2 aromatic carbocycles. The molecular formula is C21H17FN4O3. The monoisotopic (exact) mass is 392 g/mol. The maximum absolute atomic E-state index is 13.1. The lowest BCUT2D eigenvalue weighted by atomic mass is 10.1. The van der Waals surface area contributed by atoms with E-state index in [2.05, 4.69) is 15.3 Å². The average molecular weight is 392 g/mol. The van der Waals surface area contributed by atoms with Crippen LogP contribution in [0.2, 0.25) is 0 Å². The summed E-state index contributed by atoms with van der Waals surface area (Å²) in [6.45, 7) is 0.444. The summed E-state index contributed by atoms with van der Waals surface area (Å²) in [6, 6.07) is 10.1. The molecule has 29 heavy (non-hydrogen) atoms. The zero-order valence-corrected chi connectivity index (χ0v) is 15.3. The number of rotatable bonds is 6. The highest BCUT2D eigenvalue weighted by Crippen LogP contribution is 2.25. The van der Waals surface area contributed by atoms with Gasteiger partial charge in [-0.15, -0.1) is 0 Å². The summed E-state index contributed by atoms with van der Waals surface area (Å²) in [7, 11) is 0. The predicted octanol–water partition coefficient (Wildman–Crippen LogP) is 2.32. The van der Waals surface area contributed by atoms with Crippen molar-refractivity contribution in [1.29, 1.82) is 0 Å². The van der Waals surface area contributed by atoms with Crippen LogP contribution in [0.5, 0.6) is 0 Å². The second kappa shape index (κ2) is 7.67. The Kier molecular flexibility index (Phi) is 4.90. The second-order valence-corrected chi connectivity index (χ2v) is 6.67. The standard InChI is InChI=1S/C21H17FN4O3/c22-15-4-1-13(2-5-15)11-26-20(28)17-6-3-14(9-18(17)21(26)29)19(27)24-8-7-16-10-23-12-25-16/h1-6,9-10,12H,7-8,11H2,(H,23,25)(H,24,27). The minimum absolute atomic E-state index is 0.0400. The molecule has 0 atom stereocenters. The largest absolute Gasteiger partial charge is 0.352 e. The molecule has 0 radical (unpaired) electrons. The molecule has 3 aromatic rings. The molecule has 0 aliphatic carbocycles. The summed E-state index contributed by atoms with van der Waals surface area (Å²) in [5, 5.41) is 2.78. The highest BCUT2D eigenvalue weighted by atomic mass is 19.1. The smallest absolute Gasteiger partial charge is 0.261 e. The van der Waals surface area contributed by atoms with Crippen LogP contribution in [-0.4, -0.2) is 39.1 Å². The Hall–Kier alpha value is -3.81. The van der Waals surface area contributed by atoms with Crippen molar-refractivity contribution < 1.29 is 18.8 Å². The van der Waals surface area contributed by atoms with E-state index in [1.165, 1.54) is 42.5 Å². The summed E-state index contributed by atoms with van der Waals surface area (Å²) in [4.78, 5) is 45.6. The van der Waals surface area contributed by atoms with Crippen molar-refractivity contribution in [3.63, 3.8) is 0 Å². The molecule has 0 spiro atoms. The molecule has 4 rings (SSSR count). The number of aromatic nitrogens is 2. The number of H-pyrrole nitrogens is 1. The average Bonchev–Trinajstić information content (AvgIpc) is 3.32. The number of benzene rings is 2. The Morgan fingerprint density at radius 3 is 2.55 bits per heavy atom. The zero-order chi connectivity index (χ0) is 20.4. The van der Waals surface area contributed by atoms with E-state index in [0.717, 1.165) is 10.6 Å². The normalized spacial score (nSPS) is 12.9. The summed E-state index contributed by atoms with van der Waals surface area (Å²) < 4.78 is 13.1. The Balaban J connectivity index is 1.46. The number of amides is 3. The van der Waals surface area contributed by atoms with E-state index >= 15 is 0 Å². The Morgan fingerprint density at radius 1 is 1.07 bits per heavy atom. The SMILES string of the molecule is O=C(NCCc1cnc[nH]1)c1ccc2c(c1)C(=O)N(Cc1ccc(F)cc1)C2=O. The van der Waals surface area contributed by atoms with Crippen LogP contribution in [0.15, 0.2) is 55.0 Å². The fraction of sp³-hybridized carbons (Fsp3) is 0.143. The number of nitrogens with one attached hydrogen (secondary N) is 2. The number of aromatic amines is 1. The van der Waals surface area contributed by atoms with Gasteiger partial charge in [0.25, 0.3) is 17.7 Å². The second-order valence-electron chi connectivity index (χ2n) is 6.67. The van der Waals surface area contributed by atoms with Gasteiger partial charge in [-0.3, -0.25) is 19.3 Å². The lowest BCUT2D eigenvalue weighted by molar-refractivity contribution is 0.0642. The number of hydrogen-bond donors (Lipinski definition) is 2. The van der Waals surface area contributed by atoms with E-state index < -0.39 is 11.8 Å². The minimum Gasteiger partial charge on any atom is -0.352 e. The molecule has 0 unspecified atom stereocenters. The van der Waals surface area contributed by atoms with Crippen molar-refractivity contribution in [3.8, 4) is 0 Å².